The Morgan fingerprint density at radius 2 is 1.58 bits per heavy atom. The second kappa shape index (κ2) is 16.9. The van der Waals surface area contributed by atoms with Crippen LogP contribution in [0.1, 0.15) is 158 Å². The number of nitrogens with one attached hydrogen (secondary N) is 1. The molecule has 1 aromatic rings. The lowest BCUT2D eigenvalue weighted by atomic mass is 9.41. The van der Waals surface area contributed by atoms with Crippen LogP contribution in [0.5, 0.6) is 0 Å². The second-order valence-electron chi connectivity index (χ2n) is 16.3. The first-order valence-electron chi connectivity index (χ1n) is 19.1. The van der Waals surface area contributed by atoms with Gasteiger partial charge in [0.25, 0.3) is 0 Å². The third kappa shape index (κ3) is 8.29. The van der Waals surface area contributed by atoms with Crippen LogP contribution < -0.4 is 0 Å². The highest BCUT2D eigenvalue weighted by atomic mass is 32.2. The van der Waals surface area contributed by atoms with Crippen LogP contribution in [0, 0.1) is 64.1 Å². The molecule has 0 saturated heterocycles. The summed E-state index contributed by atoms with van der Waals surface area (Å²) in [4.78, 5) is 6.91. The van der Waals surface area contributed by atoms with Crippen LogP contribution in [0.3, 0.4) is 0 Å². The van der Waals surface area contributed by atoms with Crippen molar-refractivity contribution in [1.29, 1.82) is 0 Å². The number of H-pyrrole nitrogens is 1. The molecule has 4 fully saturated rings. The Morgan fingerprint density at radius 1 is 0.884 bits per heavy atom. The van der Waals surface area contributed by atoms with Crippen molar-refractivity contribution < 1.29 is 0 Å². The molecule has 1 heterocycles. The Kier molecular flexibility index (Phi) is 14.6. The molecule has 3 heteroatoms. The monoisotopic (exact) mass is 615 g/mol. The molecule has 1 N–H and O–H groups in total. The van der Waals surface area contributed by atoms with Crippen molar-refractivity contribution in [3.05, 3.63) is 18.2 Å². The standard InChI is InChI=1S/C32H58S.C6H10N2.C2H6/c1-9-22(4)25-20-26-28-14-13-27(23(5)12-10-11-21(2)3)31(28,6)18-16-29(26)32(7)17-15-24(33-8)19-30(25)32;1-2-3-6-4-7-5-8-6;1-2/h21-30H,9-20H2,1-8H3;4-5H,2-3H2,1H3,(H,7,8);1-2H3. The zero-order chi connectivity index (χ0) is 31.8. The van der Waals surface area contributed by atoms with Crippen molar-refractivity contribution in [1.82, 2.24) is 9.97 Å². The molecule has 4 saturated carbocycles. The number of thioether (sulfide) groups is 1. The van der Waals surface area contributed by atoms with Gasteiger partial charge in [-0.25, -0.2) is 4.98 Å². The molecule has 0 spiro atoms. The van der Waals surface area contributed by atoms with Gasteiger partial charge >= 0.3 is 0 Å². The van der Waals surface area contributed by atoms with E-state index >= 15 is 0 Å². The fourth-order valence-corrected chi connectivity index (χ4v) is 12.0. The van der Waals surface area contributed by atoms with E-state index in [4.69, 9.17) is 0 Å². The highest BCUT2D eigenvalue weighted by Crippen LogP contribution is 2.70. The molecule has 1 aromatic heterocycles. The summed E-state index contributed by atoms with van der Waals surface area (Å²) in [7, 11) is 0. The first kappa shape index (κ1) is 37.0. The number of hydrogen-bond acceptors (Lipinski definition) is 2. The zero-order valence-electron chi connectivity index (χ0n) is 30.7. The van der Waals surface area contributed by atoms with E-state index in [-0.39, 0.29) is 0 Å². The number of imidazole rings is 1. The fourth-order valence-electron chi connectivity index (χ4n) is 11.2. The third-order valence-electron chi connectivity index (χ3n) is 13.7. The van der Waals surface area contributed by atoms with Crippen LogP contribution in [0.25, 0.3) is 0 Å². The summed E-state index contributed by atoms with van der Waals surface area (Å²) in [5.74, 6) is 8.78. The lowest BCUT2D eigenvalue weighted by Crippen LogP contribution is -2.57. The number of hydrogen-bond donors (Lipinski definition) is 1. The van der Waals surface area contributed by atoms with Crippen LogP contribution in [0.15, 0.2) is 12.5 Å². The van der Waals surface area contributed by atoms with Crippen molar-refractivity contribution in [3.8, 4) is 0 Å². The molecule has 250 valence electrons. The molecular weight excluding hydrogens is 541 g/mol. The zero-order valence-corrected chi connectivity index (χ0v) is 31.5. The average Bonchev–Trinajstić information content (AvgIpc) is 3.64. The minimum Gasteiger partial charge on any atom is -0.348 e. The smallest absolute Gasteiger partial charge is 0.0921 e. The van der Waals surface area contributed by atoms with Crippen LogP contribution in [-0.2, 0) is 6.42 Å². The van der Waals surface area contributed by atoms with Gasteiger partial charge in [0.15, 0.2) is 0 Å². The lowest BCUT2D eigenvalue weighted by Gasteiger charge is -2.64. The molecule has 0 amide bonds. The van der Waals surface area contributed by atoms with Crippen molar-refractivity contribution in [3.63, 3.8) is 0 Å². The minimum absolute atomic E-state index is 0.630. The molecule has 11 unspecified atom stereocenters. The molecule has 5 rings (SSSR count). The molecule has 43 heavy (non-hydrogen) atoms. The van der Waals surface area contributed by atoms with E-state index in [9.17, 15) is 0 Å². The Bertz CT molecular complexity index is 896. The Hall–Kier alpha value is -0.440. The van der Waals surface area contributed by atoms with Gasteiger partial charge < -0.3 is 4.98 Å². The summed E-state index contributed by atoms with van der Waals surface area (Å²) in [6.45, 7) is 24.2. The Balaban J connectivity index is 0.000000433. The van der Waals surface area contributed by atoms with Crippen LogP contribution in [-0.4, -0.2) is 21.5 Å². The van der Waals surface area contributed by atoms with Gasteiger partial charge in [0.2, 0.25) is 0 Å². The van der Waals surface area contributed by atoms with Crippen molar-refractivity contribution in [2.75, 3.05) is 6.26 Å². The van der Waals surface area contributed by atoms with Gasteiger partial charge in [-0.1, -0.05) is 101 Å². The van der Waals surface area contributed by atoms with Crippen LogP contribution in [0.2, 0.25) is 0 Å². The van der Waals surface area contributed by atoms with E-state index in [1.807, 2.05) is 20.0 Å². The molecule has 4 aliphatic carbocycles. The summed E-state index contributed by atoms with van der Waals surface area (Å²) in [6.07, 6.45) is 26.3. The summed E-state index contributed by atoms with van der Waals surface area (Å²) >= 11 is 2.18. The van der Waals surface area contributed by atoms with Gasteiger partial charge in [-0.3, -0.25) is 0 Å². The number of aromatic amines is 1. The quantitative estimate of drug-likeness (QED) is 0.284. The van der Waals surface area contributed by atoms with E-state index in [0.717, 1.165) is 64.9 Å². The first-order valence-corrected chi connectivity index (χ1v) is 20.4. The topological polar surface area (TPSA) is 28.7 Å². The van der Waals surface area contributed by atoms with Gasteiger partial charge in [0.1, 0.15) is 0 Å². The van der Waals surface area contributed by atoms with Gasteiger partial charge in [-0.2, -0.15) is 11.8 Å². The molecule has 0 bridgehead atoms. The normalized spacial score (nSPS) is 38.0. The van der Waals surface area contributed by atoms with Crippen molar-refractivity contribution in [2.24, 2.45) is 64.1 Å². The Labute approximate surface area is 273 Å². The van der Waals surface area contributed by atoms with Crippen LogP contribution in [0.4, 0.5) is 0 Å². The summed E-state index contributed by atoms with van der Waals surface area (Å²) in [6, 6.07) is 0. The van der Waals surface area contributed by atoms with E-state index in [0.29, 0.717) is 10.8 Å². The highest BCUT2D eigenvalue weighted by Gasteiger charge is 2.62. The van der Waals surface area contributed by atoms with Gasteiger partial charge in [0, 0.05) is 17.1 Å². The number of rotatable bonds is 10. The average molecular weight is 615 g/mol. The number of fused-ring (bicyclic) bond motifs is 5. The summed E-state index contributed by atoms with van der Waals surface area (Å²) in [5.41, 5.74) is 2.50. The third-order valence-corrected chi connectivity index (χ3v) is 14.8. The maximum Gasteiger partial charge on any atom is 0.0921 e. The van der Waals surface area contributed by atoms with Crippen molar-refractivity contribution in [2.45, 2.75) is 164 Å². The second-order valence-corrected chi connectivity index (χ2v) is 17.4. The number of nitrogens with zero attached hydrogens (tertiary/aromatic N) is 1. The van der Waals surface area contributed by atoms with Gasteiger partial charge in [-0.15, -0.1) is 0 Å². The molecule has 4 aliphatic rings. The minimum atomic E-state index is 0.630. The van der Waals surface area contributed by atoms with Gasteiger partial charge in [0.05, 0.1) is 6.33 Å². The summed E-state index contributed by atoms with van der Waals surface area (Å²) < 4.78 is 0. The molecule has 0 aliphatic heterocycles. The van der Waals surface area contributed by atoms with E-state index < -0.39 is 0 Å². The molecule has 0 aromatic carbocycles. The largest absolute Gasteiger partial charge is 0.348 e. The Morgan fingerprint density at radius 3 is 2.19 bits per heavy atom. The molecular formula is C40H74N2S. The van der Waals surface area contributed by atoms with E-state index in [1.165, 1.54) is 63.5 Å². The number of aryl methyl sites for hydroxylation is 1. The fraction of sp³-hybridized carbons (Fsp3) is 0.925. The molecule has 11 atom stereocenters. The number of aromatic nitrogens is 2. The van der Waals surface area contributed by atoms with Crippen LogP contribution >= 0.6 is 11.8 Å². The molecule has 2 nitrogen and oxygen atoms in total. The maximum absolute atomic E-state index is 3.89. The molecule has 0 radical (unpaired) electrons. The SMILES string of the molecule is CC.CCC(C)C1CC2C3CCC(C(C)CCCC(C)C)C3(C)CCC2C2(C)CCC(SC)CC12.CCCc1cnc[nH]1. The highest BCUT2D eigenvalue weighted by molar-refractivity contribution is 7.99. The van der Waals surface area contributed by atoms with Crippen molar-refractivity contribution >= 4 is 11.8 Å². The van der Waals surface area contributed by atoms with E-state index in [1.54, 1.807) is 32.0 Å². The van der Waals surface area contributed by atoms with E-state index in [2.05, 4.69) is 83.4 Å². The predicted octanol–water partition coefficient (Wildman–Crippen LogP) is 12.5. The predicted molar refractivity (Wildman–Crippen MR) is 193 cm³/mol. The summed E-state index contributed by atoms with van der Waals surface area (Å²) in [5, 5.41) is 0.933. The maximum atomic E-state index is 3.89. The lowest BCUT2D eigenvalue weighted by molar-refractivity contribution is -0.145. The first-order chi connectivity index (χ1) is 20.6. The van der Waals surface area contributed by atoms with Gasteiger partial charge in [-0.05, 0) is 128 Å².